The Morgan fingerprint density at radius 2 is 1.80 bits per heavy atom. The quantitative estimate of drug-likeness (QED) is 0.561. The zero-order chi connectivity index (χ0) is 7.78. The van der Waals surface area contributed by atoms with Crippen molar-refractivity contribution < 1.29 is 17.9 Å². The van der Waals surface area contributed by atoms with Gasteiger partial charge >= 0.3 is 6.18 Å². The van der Waals surface area contributed by atoms with Crippen LogP contribution >= 0.6 is 0 Å². The zero-order valence-electron chi connectivity index (χ0n) is 5.61. The van der Waals surface area contributed by atoms with E-state index in [9.17, 15) is 13.2 Å². The lowest BCUT2D eigenvalue weighted by molar-refractivity contribution is -0.216. The van der Waals surface area contributed by atoms with Crippen molar-refractivity contribution in [1.82, 2.24) is 0 Å². The highest BCUT2D eigenvalue weighted by Gasteiger charge is 2.47. The second kappa shape index (κ2) is 2.42. The third-order valence-corrected chi connectivity index (χ3v) is 1.89. The van der Waals surface area contributed by atoms with Gasteiger partial charge in [0.1, 0.15) is 0 Å². The minimum Gasteiger partial charge on any atom is -0.381 e. The third-order valence-electron chi connectivity index (χ3n) is 1.89. The Morgan fingerprint density at radius 3 is 2.10 bits per heavy atom. The van der Waals surface area contributed by atoms with Crippen LogP contribution in [-0.4, -0.2) is 19.4 Å². The summed E-state index contributed by atoms with van der Waals surface area (Å²) in [6, 6.07) is 0. The molecule has 0 aromatic carbocycles. The molecule has 1 rings (SSSR count). The van der Waals surface area contributed by atoms with Gasteiger partial charge in [-0.15, -0.1) is 0 Å². The van der Waals surface area contributed by atoms with Crippen molar-refractivity contribution in [3.8, 4) is 0 Å². The van der Waals surface area contributed by atoms with Crippen molar-refractivity contribution >= 4 is 0 Å². The smallest absolute Gasteiger partial charge is 0.381 e. The molecule has 0 unspecified atom stereocenters. The molecule has 60 valence electrons. The van der Waals surface area contributed by atoms with Gasteiger partial charge in [-0.25, -0.2) is 0 Å². The van der Waals surface area contributed by atoms with Crippen LogP contribution in [0.1, 0.15) is 12.8 Å². The van der Waals surface area contributed by atoms with E-state index in [1.807, 2.05) is 0 Å². The topological polar surface area (TPSA) is 9.23 Å². The molecule has 1 fully saturated rings. The van der Waals surface area contributed by atoms with Crippen molar-refractivity contribution in [2.45, 2.75) is 25.1 Å². The van der Waals surface area contributed by atoms with Crippen LogP contribution in [0.25, 0.3) is 0 Å². The Balaban J connectivity index is 2.26. The molecule has 0 aromatic heterocycles. The van der Waals surface area contributed by atoms with Crippen molar-refractivity contribution in [2.24, 2.45) is 5.92 Å². The van der Waals surface area contributed by atoms with Gasteiger partial charge in [-0.3, -0.25) is 0 Å². The van der Waals surface area contributed by atoms with Crippen molar-refractivity contribution in [3.63, 3.8) is 0 Å². The van der Waals surface area contributed by atoms with Crippen molar-refractivity contribution in [1.29, 1.82) is 0 Å². The lowest BCUT2D eigenvalue weighted by Crippen LogP contribution is -2.39. The molecule has 0 saturated heterocycles. The molecule has 4 heteroatoms. The first kappa shape index (κ1) is 7.85. The van der Waals surface area contributed by atoms with Gasteiger partial charge in [-0.05, 0) is 12.8 Å². The Bertz CT molecular complexity index is 115. The van der Waals surface area contributed by atoms with E-state index in [0.29, 0.717) is 0 Å². The van der Waals surface area contributed by atoms with Crippen LogP contribution in [0, 0.1) is 5.92 Å². The average molecular weight is 154 g/mol. The van der Waals surface area contributed by atoms with Gasteiger partial charge in [0.05, 0.1) is 12.0 Å². The molecule has 10 heavy (non-hydrogen) atoms. The molecule has 0 aliphatic heterocycles. The molecular formula is C6H9F3O. The van der Waals surface area contributed by atoms with Gasteiger partial charge in [-0.2, -0.15) is 13.2 Å². The molecule has 0 heterocycles. The van der Waals surface area contributed by atoms with Gasteiger partial charge in [0.15, 0.2) is 0 Å². The first-order valence-corrected chi connectivity index (χ1v) is 3.13. The van der Waals surface area contributed by atoms with Crippen LogP contribution in [-0.2, 0) is 4.74 Å². The predicted octanol–water partition coefficient (Wildman–Crippen LogP) is 1.97. The number of hydrogen-bond donors (Lipinski definition) is 0. The number of ether oxygens (including phenoxy) is 1. The largest absolute Gasteiger partial charge is 0.392 e. The van der Waals surface area contributed by atoms with Crippen LogP contribution in [0.5, 0.6) is 0 Å². The fraction of sp³-hybridized carbons (Fsp3) is 1.00. The first-order chi connectivity index (χ1) is 4.54. The van der Waals surface area contributed by atoms with Gasteiger partial charge in [-0.1, -0.05) is 0 Å². The number of alkyl halides is 3. The molecule has 0 amide bonds. The molecule has 0 radical (unpaired) electrons. The van der Waals surface area contributed by atoms with Gasteiger partial charge in [0.25, 0.3) is 0 Å². The van der Waals surface area contributed by atoms with Crippen LogP contribution < -0.4 is 0 Å². The lowest BCUT2D eigenvalue weighted by atomic mass is 9.82. The van der Waals surface area contributed by atoms with Crippen LogP contribution in [0.3, 0.4) is 0 Å². The average Bonchev–Trinajstić information content (AvgIpc) is 1.57. The van der Waals surface area contributed by atoms with Gasteiger partial charge in [0, 0.05) is 7.11 Å². The highest BCUT2D eigenvalue weighted by molar-refractivity contribution is 4.84. The molecule has 1 aliphatic rings. The van der Waals surface area contributed by atoms with Crippen LogP contribution in [0.4, 0.5) is 13.2 Å². The lowest BCUT2D eigenvalue weighted by Gasteiger charge is -2.35. The summed E-state index contributed by atoms with van der Waals surface area (Å²) in [6.07, 6.45) is -3.89. The zero-order valence-corrected chi connectivity index (χ0v) is 5.61. The van der Waals surface area contributed by atoms with E-state index in [-0.39, 0.29) is 18.9 Å². The Kier molecular flexibility index (Phi) is 1.90. The number of hydrogen-bond acceptors (Lipinski definition) is 1. The summed E-state index contributed by atoms with van der Waals surface area (Å²) >= 11 is 0. The van der Waals surface area contributed by atoms with E-state index >= 15 is 0 Å². The SMILES string of the molecule is COC1CC(C(F)(F)F)C1. The van der Waals surface area contributed by atoms with E-state index in [2.05, 4.69) is 0 Å². The van der Waals surface area contributed by atoms with E-state index in [0.717, 1.165) is 0 Å². The molecule has 0 spiro atoms. The highest BCUT2D eigenvalue weighted by atomic mass is 19.4. The fourth-order valence-electron chi connectivity index (χ4n) is 1.03. The monoisotopic (exact) mass is 154 g/mol. The maximum Gasteiger partial charge on any atom is 0.392 e. The first-order valence-electron chi connectivity index (χ1n) is 3.13. The van der Waals surface area contributed by atoms with Gasteiger partial charge in [0.2, 0.25) is 0 Å². The maximum atomic E-state index is 11.8. The summed E-state index contributed by atoms with van der Waals surface area (Å²) in [6.45, 7) is 0. The van der Waals surface area contributed by atoms with E-state index in [1.165, 1.54) is 7.11 Å². The van der Waals surface area contributed by atoms with E-state index in [1.54, 1.807) is 0 Å². The van der Waals surface area contributed by atoms with E-state index in [4.69, 9.17) is 4.74 Å². The Hall–Kier alpha value is -0.250. The third kappa shape index (κ3) is 1.42. The molecule has 0 N–H and O–H groups in total. The molecule has 0 aromatic rings. The minimum atomic E-state index is -4.00. The summed E-state index contributed by atoms with van der Waals surface area (Å²) in [7, 11) is 1.44. The Morgan fingerprint density at radius 1 is 1.30 bits per heavy atom. The summed E-state index contributed by atoms with van der Waals surface area (Å²) in [5.41, 5.74) is 0. The number of rotatable bonds is 1. The standard InChI is InChI=1S/C6H9F3O/c1-10-5-2-4(3-5)6(7,8)9/h4-5H,2-3H2,1H3. The second-order valence-electron chi connectivity index (χ2n) is 2.57. The fourth-order valence-corrected chi connectivity index (χ4v) is 1.03. The minimum absolute atomic E-state index is 0.139. The molecule has 1 saturated carbocycles. The predicted molar refractivity (Wildman–Crippen MR) is 29.6 cm³/mol. The summed E-state index contributed by atoms with van der Waals surface area (Å²) < 4.78 is 40.0. The molecule has 0 bridgehead atoms. The number of halogens is 3. The normalized spacial score (nSPS) is 33.6. The molecule has 0 atom stereocenters. The van der Waals surface area contributed by atoms with Crippen LogP contribution in [0.2, 0.25) is 0 Å². The molecule has 1 aliphatic carbocycles. The van der Waals surface area contributed by atoms with Crippen molar-refractivity contribution in [3.05, 3.63) is 0 Å². The van der Waals surface area contributed by atoms with Crippen LogP contribution in [0.15, 0.2) is 0 Å². The van der Waals surface area contributed by atoms with E-state index < -0.39 is 12.1 Å². The summed E-state index contributed by atoms with van der Waals surface area (Å²) in [5.74, 6) is -1.11. The summed E-state index contributed by atoms with van der Waals surface area (Å²) in [4.78, 5) is 0. The molecule has 1 nitrogen and oxygen atoms in total. The molecular weight excluding hydrogens is 145 g/mol. The Labute approximate surface area is 57.2 Å². The second-order valence-corrected chi connectivity index (χ2v) is 2.57. The summed E-state index contributed by atoms with van der Waals surface area (Å²) in [5, 5.41) is 0. The maximum absolute atomic E-state index is 11.8. The van der Waals surface area contributed by atoms with Crippen molar-refractivity contribution in [2.75, 3.05) is 7.11 Å². The van der Waals surface area contributed by atoms with Gasteiger partial charge < -0.3 is 4.74 Å². The number of methoxy groups -OCH3 is 1. The highest BCUT2D eigenvalue weighted by Crippen LogP contribution is 2.41.